The molecular formula is C19H20F6N4O2. The molecule has 3 rings (SSSR count). The fourth-order valence-corrected chi connectivity index (χ4v) is 3.23. The Bertz CT molecular complexity index is 929. The van der Waals surface area contributed by atoms with Crippen LogP contribution in [0.1, 0.15) is 56.6 Å². The zero-order valence-electron chi connectivity index (χ0n) is 16.9. The van der Waals surface area contributed by atoms with Crippen molar-refractivity contribution in [3.8, 4) is 11.4 Å². The van der Waals surface area contributed by atoms with Crippen molar-refractivity contribution in [3.05, 3.63) is 35.2 Å². The molecule has 1 aromatic carbocycles. The van der Waals surface area contributed by atoms with Gasteiger partial charge in [-0.25, -0.2) is 9.78 Å². The number of nitrogens with one attached hydrogen (secondary N) is 1. The van der Waals surface area contributed by atoms with Crippen LogP contribution in [0.15, 0.2) is 18.2 Å². The molecule has 170 valence electrons. The number of benzene rings is 1. The van der Waals surface area contributed by atoms with Gasteiger partial charge < -0.3 is 4.74 Å². The average Bonchev–Trinajstić information content (AvgIpc) is 3.27. The number of hydrogen-bond donors (Lipinski definition) is 1. The highest BCUT2D eigenvalue weighted by atomic mass is 19.4. The highest BCUT2D eigenvalue weighted by molar-refractivity contribution is 5.69. The zero-order chi connectivity index (χ0) is 23.2. The van der Waals surface area contributed by atoms with Gasteiger partial charge in [0, 0.05) is 12.1 Å². The van der Waals surface area contributed by atoms with E-state index in [-0.39, 0.29) is 17.7 Å². The summed E-state index contributed by atoms with van der Waals surface area (Å²) in [5, 5.41) is 6.33. The lowest BCUT2D eigenvalue weighted by atomic mass is 10.0. The molecule has 0 saturated carbocycles. The molecule has 1 aromatic heterocycles. The fraction of sp³-hybridized carbons (Fsp3) is 0.526. The lowest BCUT2D eigenvalue weighted by Gasteiger charge is -2.27. The van der Waals surface area contributed by atoms with E-state index in [1.54, 1.807) is 20.8 Å². The Balaban J connectivity index is 1.94. The summed E-state index contributed by atoms with van der Waals surface area (Å²) in [7, 11) is 0. The van der Waals surface area contributed by atoms with Crippen LogP contribution in [-0.4, -0.2) is 38.3 Å². The van der Waals surface area contributed by atoms with Crippen molar-refractivity contribution in [2.75, 3.05) is 6.54 Å². The smallest absolute Gasteiger partial charge is 0.416 e. The van der Waals surface area contributed by atoms with E-state index in [0.717, 1.165) is 0 Å². The highest BCUT2D eigenvalue weighted by Gasteiger charge is 2.38. The normalized spacial score (nSPS) is 17.8. The second-order valence-corrected chi connectivity index (χ2v) is 8.17. The number of halogens is 6. The predicted octanol–water partition coefficient (Wildman–Crippen LogP) is 5.58. The SMILES string of the molecule is CC(C)(C)OC(=O)N1CCCC1c1nc(-c2cc(C(F)(F)F)cc(C(F)(F)F)c2)n[nH]1. The van der Waals surface area contributed by atoms with Gasteiger partial charge in [0.2, 0.25) is 0 Å². The third-order valence-electron chi connectivity index (χ3n) is 4.55. The van der Waals surface area contributed by atoms with Crippen molar-refractivity contribution in [1.82, 2.24) is 20.1 Å². The minimum absolute atomic E-state index is 0.0400. The topological polar surface area (TPSA) is 71.1 Å². The van der Waals surface area contributed by atoms with Gasteiger partial charge in [0.25, 0.3) is 0 Å². The van der Waals surface area contributed by atoms with E-state index in [9.17, 15) is 31.1 Å². The summed E-state index contributed by atoms with van der Waals surface area (Å²) < 4.78 is 84.0. The Hall–Kier alpha value is -2.79. The van der Waals surface area contributed by atoms with Gasteiger partial charge in [0.15, 0.2) is 5.82 Å². The van der Waals surface area contributed by atoms with Crippen LogP contribution in [0.2, 0.25) is 0 Å². The fourth-order valence-electron chi connectivity index (χ4n) is 3.23. The van der Waals surface area contributed by atoms with Crippen LogP contribution in [0.25, 0.3) is 11.4 Å². The maximum atomic E-state index is 13.1. The summed E-state index contributed by atoms with van der Waals surface area (Å²) in [6.07, 6.45) is -9.43. The first-order valence-electron chi connectivity index (χ1n) is 9.37. The van der Waals surface area contributed by atoms with Gasteiger partial charge in [-0.05, 0) is 51.8 Å². The molecule has 12 heteroatoms. The minimum Gasteiger partial charge on any atom is -0.444 e. The number of amides is 1. The van der Waals surface area contributed by atoms with Crippen LogP contribution in [-0.2, 0) is 17.1 Å². The van der Waals surface area contributed by atoms with Gasteiger partial charge in [0.05, 0.1) is 17.2 Å². The Morgan fingerprint density at radius 2 is 1.65 bits per heavy atom. The number of nitrogens with zero attached hydrogens (tertiary/aromatic N) is 3. The molecule has 1 atom stereocenters. The highest BCUT2D eigenvalue weighted by Crippen LogP contribution is 2.38. The summed E-state index contributed by atoms with van der Waals surface area (Å²) in [6, 6.07) is 0.576. The second kappa shape index (κ2) is 7.72. The largest absolute Gasteiger partial charge is 0.444 e. The van der Waals surface area contributed by atoms with Crippen molar-refractivity contribution in [3.63, 3.8) is 0 Å². The molecule has 1 aliphatic heterocycles. The van der Waals surface area contributed by atoms with Gasteiger partial charge in [-0.3, -0.25) is 10.00 Å². The van der Waals surface area contributed by atoms with Crippen molar-refractivity contribution < 1.29 is 35.9 Å². The molecular weight excluding hydrogens is 430 g/mol. The van der Waals surface area contributed by atoms with E-state index in [2.05, 4.69) is 15.2 Å². The molecule has 1 aliphatic rings. The quantitative estimate of drug-likeness (QED) is 0.607. The van der Waals surface area contributed by atoms with Crippen LogP contribution in [0.4, 0.5) is 31.1 Å². The number of alkyl halides is 6. The first-order valence-corrected chi connectivity index (χ1v) is 9.37. The minimum atomic E-state index is -4.98. The molecule has 0 spiro atoms. The van der Waals surface area contributed by atoms with Gasteiger partial charge in [-0.15, -0.1) is 0 Å². The van der Waals surface area contributed by atoms with E-state index in [0.29, 0.717) is 31.5 Å². The second-order valence-electron chi connectivity index (χ2n) is 8.17. The third kappa shape index (κ3) is 5.28. The predicted molar refractivity (Wildman–Crippen MR) is 96.7 cm³/mol. The summed E-state index contributed by atoms with van der Waals surface area (Å²) in [5.74, 6) is -0.174. The van der Waals surface area contributed by atoms with Crippen LogP contribution in [0, 0.1) is 0 Å². The molecule has 0 aliphatic carbocycles. The van der Waals surface area contributed by atoms with Crippen molar-refractivity contribution in [2.45, 2.75) is 57.6 Å². The molecule has 0 bridgehead atoms. The van der Waals surface area contributed by atoms with Crippen LogP contribution in [0.5, 0.6) is 0 Å². The molecule has 0 radical (unpaired) electrons. The van der Waals surface area contributed by atoms with Gasteiger partial charge in [-0.2, -0.15) is 31.4 Å². The molecule has 1 unspecified atom stereocenters. The van der Waals surface area contributed by atoms with Crippen LogP contribution < -0.4 is 0 Å². The summed E-state index contributed by atoms with van der Waals surface area (Å²) in [4.78, 5) is 17.9. The third-order valence-corrected chi connectivity index (χ3v) is 4.55. The molecule has 1 saturated heterocycles. The van der Waals surface area contributed by atoms with Crippen molar-refractivity contribution >= 4 is 6.09 Å². The number of hydrogen-bond acceptors (Lipinski definition) is 4. The Morgan fingerprint density at radius 1 is 1.06 bits per heavy atom. The van der Waals surface area contributed by atoms with Gasteiger partial charge in [0.1, 0.15) is 11.4 Å². The van der Waals surface area contributed by atoms with Gasteiger partial charge in [-0.1, -0.05) is 0 Å². The average molecular weight is 450 g/mol. The van der Waals surface area contributed by atoms with Crippen LogP contribution in [0.3, 0.4) is 0 Å². The Morgan fingerprint density at radius 3 is 2.16 bits per heavy atom. The molecule has 1 amide bonds. The number of likely N-dealkylation sites (tertiary alicyclic amines) is 1. The molecule has 31 heavy (non-hydrogen) atoms. The van der Waals surface area contributed by atoms with E-state index in [1.165, 1.54) is 4.90 Å². The van der Waals surface area contributed by atoms with Crippen LogP contribution >= 0.6 is 0 Å². The van der Waals surface area contributed by atoms with E-state index in [4.69, 9.17) is 4.74 Å². The first-order chi connectivity index (χ1) is 14.1. The number of carbonyl (C=O) groups is 1. The number of carbonyl (C=O) groups excluding carboxylic acids is 1. The summed E-state index contributed by atoms with van der Waals surface area (Å²) >= 11 is 0. The molecule has 1 fully saturated rings. The Kier molecular flexibility index (Phi) is 5.70. The number of H-pyrrole nitrogens is 1. The maximum Gasteiger partial charge on any atom is 0.416 e. The molecule has 1 N–H and O–H groups in total. The summed E-state index contributed by atoms with van der Waals surface area (Å²) in [5.41, 5.74) is -4.09. The lowest BCUT2D eigenvalue weighted by molar-refractivity contribution is -0.143. The number of aromatic nitrogens is 3. The summed E-state index contributed by atoms with van der Waals surface area (Å²) in [6.45, 7) is 5.48. The lowest BCUT2D eigenvalue weighted by Crippen LogP contribution is -2.36. The monoisotopic (exact) mass is 450 g/mol. The number of aromatic amines is 1. The molecule has 2 heterocycles. The van der Waals surface area contributed by atoms with Crippen molar-refractivity contribution in [1.29, 1.82) is 0 Å². The maximum absolute atomic E-state index is 13.1. The van der Waals surface area contributed by atoms with Gasteiger partial charge >= 0.3 is 18.4 Å². The first kappa shape index (κ1) is 22.9. The number of rotatable bonds is 2. The van der Waals surface area contributed by atoms with Crippen molar-refractivity contribution in [2.24, 2.45) is 0 Å². The van der Waals surface area contributed by atoms with E-state index >= 15 is 0 Å². The van der Waals surface area contributed by atoms with E-state index in [1.807, 2.05) is 0 Å². The molecule has 6 nitrogen and oxygen atoms in total. The Labute approximate surface area is 173 Å². The zero-order valence-corrected chi connectivity index (χ0v) is 16.9. The standard InChI is InChI=1S/C19H20F6N4O2/c1-17(2,3)31-16(30)29-6-4-5-13(29)15-26-14(27-28-15)10-7-11(18(20,21)22)9-12(8-10)19(23,24)25/h7-9,13H,4-6H2,1-3H3,(H,26,27,28). The number of ether oxygens (including phenoxy) is 1. The molecule has 2 aromatic rings. The van der Waals surface area contributed by atoms with E-state index < -0.39 is 46.8 Å².